The average Bonchev–Trinajstić information content (AvgIpc) is 2.85. The van der Waals surface area contributed by atoms with E-state index in [1.54, 1.807) is 0 Å². The molecule has 1 N–H and O–H groups in total. The van der Waals surface area contributed by atoms with Gasteiger partial charge in [0.1, 0.15) is 16.1 Å². The quantitative estimate of drug-likeness (QED) is 0.882. The molecule has 0 amide bonds. The van der Waals surface area contributed by atoms with E-state index in [4.69, 9.17) is 4.74 Å². The van der Waals surface area contributed by atoms with Crippen molar-refractivity contribution < 1.29 is 14.6 Å². The van der Waals surface area contributed by atoms with E-state index in [0.717, 1.165) is 11.4 Å². The van der Waals surface area contributed by atoms with Gasteiger partial charge in [0.05, 0.1) is 13.2 Å². The average molecular weight is 380 g/mol. The normalized spacial score (nSPS) is 17.1. The van der Waals surface area contributed by atoms with Crippen LogP contribution in [0, 0.1) is 0 Å². The monoisotopic (exact) mass is 379 g/mol. The fraction of sp³-hybridized carbons (Fsp3) is 0.375. The lowest BCUT2D eigenvalue weighted by atomic mass is 10.1. The summed E-state index contributed by atoms with van der Waals surface area (Å²) in [4.78, 5) is 18.4. The molecule has 0 radical (unpaired) electrons. The van der Waals surface area contributed by atoms with Crippen LogP contribution in [0.5, 0.6) is 0 Å². The van der Waals surface area contributed by atoms with Gasteiger partial charge in [0.2, 0.25) is 0 Å². The highest BCUT2D eigenvalue weighted by molar-refractivity contribution is 9.10. The maximum atomic E-state index is 11.9. The van der Waals surface area contributed by atoms with Gasteiger partial charge in [-0.2, -0.15) is 0 Å². The first-order valence-corrected chi connectivity index (χ1v) is 8.21. The molecule has 1 aliphatic rings. The number of carboxylic acid groups (broad SMARTS) is 1. The van der Waals surface area contributed by atoms with Crippen molar-refractivity contribution in [2.75, 3.05) is 26.3 Å². The highest BCUT2D eigenvalue weighted by atomic mass is 79.9. The third-order valence-electron chi connectivity index (χ3n) is 3.99. The first-order valence-electron chi connectivity index (χ1n) is 7.41. The van der Waals surface area contributed by atoms with E-state index in [2.05, 4.69) is 20.9 Å². The van der Waals surface area contributed by atoms with Crippen LogP contribution in [-0.2, 0) is 16.6 Å². The second-order valence-electron chi connectivity index (χ2n) is 5.43. The lowest BCUT2D eigenvalue weighted by Gasteiger charge is -2.31. The van der Waals surface area contributed by atoms with Crippen molar-refractivity contribution in [3.8, 4) is 11.4 Å². The SMILES string of the molecule is Cn1c(-c2ccccc2)nc(C(C(=O)O)N2CCOCC2)c1Br. The molecule has 0 spiro atoms. The van der Waals surface area contributed by atoms with Gasteiger partial charge in [-0.25, -0.2) is 4.98 Å². The molecule has 3 rings (SSSR count). The second-order valence-corrected chi connectivity index (χ2v) is 6.18. The summed E-state index contributed by atoms with van der Waals surface area (Å²) < 4.78 is 7.89. The molecular weight excluding hydrogens is 362 g/mol. The van der Waals surface area contributed by atoms with Crippen LogP contribution in [0.3, 0.4) is 0 Å². The molecule has 1 aliphatic heterocycles. The summed E-state index contributed by atoms with van der Waals surface area (Å²) in [7, 11) is 1.88. The summed E-state index contributed by atoms with van der Waals surface area (Å²) in [5, 5.41) is 9.72. The van der Waals surface area contributed by atoms with E-state index >= 15 is 0 Å². The third kappa shape index (κ3) is 3.17. The first-order chi connectivity index (χ1) is 11.1. The molecule has 1 atom stereocenters. The number of rotatable bonds is 4. The molecule has 0 saturated carbocycles. The van der Waals surface area contributed by atoms with Crippen molar-refractivity contribution in [3.05, 3.63) is 40.6 Å². The topological polar surface area (TPSA) is 67.6 Å². The van der Waals surface area contributed by atoms with E-state index in [9.17, 15) is 9.90 Å². The van der Waals surface area contributed by atoms with Crippen LogP contribution in [0.25, 0.3) is 11.4 Å². The summed E-state index contributed by atoms with van der Waals surface area (Å²) >= 11 is 3.51. The maximum Gasteiger partial charge on any atom is 0.327 e. The Morgan fingerprint density at radius 2 is 1.96 bits per heavy atom. The van der Waals surface area contributed by atoms with E-state index in [-0.39, 0.29) is 0 Å². The Bertz CT molecular complexity index is 696. The van der Waals surface area contributed by atoms with Crippen LogP contribution in [0.4, 0.5) is 0 Å². The van der Waals surface area contributed by atoms with Crippen molar-refractivity contribution in [3.63, 3.8) is 0 Å². The van der Waals surface area contributed by atoms with E-state index in [0.29, 0.717) is 36.6 Å². The Kier molecular flexibility index (Phi) is 4.79. The molecule has 2 heterocycles. The Morgan fingerprint density at radius 3 is 2.57 bits per heavy atom. The zero-order valence-electron chi connectivity index (χ0n) is 12.8. The Labute approximate surface area is 142 Å². The number of nitrogens with zero attached hydrogens (tertiary/aromatic N) is 3. The molecule has 1 fully saturated rings. The molecule has 6 nitrogen and oxygen atoms in total. The van der Waals surface area contributed by atoms with Crippen LogP contribution in [0.2, 0.25) is 0 Å². The molecule has 1 aromatic carbocycles. The molecule has 23 heavy (non-hydrogen) atoms. The minimum atomic E-state index is -0.898. The summed E-state index contributed by atoms with van der Waals surface area (Å²) in [6, 6.07) is 8.96. The predicted octanol–water partition coefficient (Wildman–Crippen LogP) is 2.31. The molecule has 7 heteroatoms. The van der Waals surface area contributed by atoms with Crippen LogP contribution >= 0.6 is 15.9 Å². The van der Waals surface area contributed by atoms with Gasteiger partial charge in [0.15, 0.2) is 6.04 Å². The number of carbonyl (C=O) groups is 1. The lowest BCUT2D eigenvalue weighted by molar-refractivity contribution is -0.145. The highest BCUT2D eigenvalue weighted by Gasteiger charge is 2.33. The number of ether oxygens (including phenoxy) is 1. The Hall–Kier alpha value is -1.70. The minimum absolute atomic E-state index is 0.528. The number of benzene rings is 1. The van der Waals surface area contributed by atoms with Crippen molar-refractivity contribution >= 4 is 21.9 Å². The van der Waals surface area contributed by atoms with Crippen molar-refractivity contribution in [2.24, 2.45) is 7.05 Å². The number of morpholine rings is 1. The van der Waals surface area contributed by atoms with Crippen LogP contribution < -0.4 is 0 Å². The van der Waals surface area contributed by atoms with Gasteiger partial charge >= 0.3 is 5.97 Å². The van der Waals surface area contributed by atoms with Gasteiger partial charge in [-0.15, -0.1) is 0 Å². The van der Waals surface area contributed by atoms with Gasteiger partial charge in [-0.1, -0.05) is 30.3 Å². The molecule has 1 saturated heterocycles. The third-order valence-corrected chi connectivity index (χ3v) is 4.92. The fourth-order valence-electron chi connectivity index (χ4n) is 2.80. The largest absolute Gasteiger partial charge is 0.480 e. The van der Waals surface area contributed by atoms with Gasteiger partial charge in [-0.3, -0.25) is 9.69 Å². The number of halogens is 1. The van der Waals surface area contributed by atoms with Gasteiger partial charge < -0.3 is 14.4 Å². The number of hydrogen-bond donors (Lipinski definition) is 1. The lowest BCUT2D eigenvalue weighted by Crippen LogP contribution is -2.42. The van der Waals surface area contributed by atoms with Crippen molar-refractivity contribution in [1.29, 1.82) is 0 Å². The predicted molar refractivity (Wildman–Crippen MR) is 89.1 cm³/mol. The zero-order valence-corrected chi connectivity index (χ0v) is 14.4. The number of hydrogen-bond acceptors (Lipinski definition) is 4. The van der Waals surface area contributed by atoms with Crippen molar-refractivity contribution in [1.82, 2.24) is 14.5 Å². The van der Waals surface area contributed by atoms with Crippen molar-refractivity contribution in [2.45, 2.75) is 6.04 Å². The molecule has 0 aliphatic carbocycles. The molecule has 1 unspecified atom stereocenters. The van der Waals surface area contributed by atoms with E-state index < -0.39 is 12.0 Å². The molecule has 2 aromatic rings. The van der Waals surface area contributed by atoms with Gasteiger partial charge in [0, 0.05) is 25.7 Å². The first kappa shape index (κ1) is 16.2. The number of imidazole rings is 1. The molecule has 0 bridgehead atoms. The Morgan fingerprint density at radius 1 is 1.30 bits per heavy atom. The summed E-state index contributed by atoms with van der Waals surface area (Å²) in [5.74, 6) is -0.155. The number of aliphatic carboxylic acids is 1. The number of carboxylic acids is 1. The highest BCUT2D eigenvalue weighted by Crippen LogP contribution is 2.32. The second kappa shape index (κ2) is 6.82. The maximum absolute atomic E-state index is 11.9. The van der Waals surface area contributed by atoms with Crippen LogP contribution in [0.1, 0.15) is 11.7 Å². The molecule has 122 valence electrons. The van der Waals surface area contributed by atoms with E-state index in [1.807, 2.05) is 46.8 Å². The van der Waals surface area contributed by atoms with E-state index in [1.165, 1.54) is 0 Å². The molecule has 1 aromatic heterocycles. The number of aromatic nitrogens is 2. The minimum Gasteiger partial charge on any atom is -0.480 e. The summed E-state index contributed by atoms with van der Waals surface area (Å²) in [5.41, 5.74) is 1.48. The smallest absolute Gasteiger partial charge is 0.327 e. The van der Waals surface area contributed by atoms with Crippen LogP contribution in [0.15, 0.2) is 34.9 Å². The molecular formula is C16H18BrN3O3. The van der Waals surface area contributed by atoms with Gasteiger partial charge in [0.25, 0.3) is 0 Å². The zero-order chi connectivity index (χ0) is 16.4. The van der Waals surface area contributed by atoms with Crippen LogP contribution in [-0.4, -0.2) is 51.8 Å². The summed E-state index contributed by atoms with van der Waals surface area (Å²) in [6.07, 6.45) is 0. The fourth-order valence-corrected chi connectivity index (χ4v) is 3.27. The standard InChI is InChI=1S/C16H18BrN3O3/c1-19-14(17)12(18-15(19)11-5-3-2-4-6-11)13(16(21)22)20-7-9-23-10-8-20/h2-6,13H,7-10H2,1H3,(H,21,22). The summed E-state index contributed by atoms with van der Waals surface area (Å²) in [6.45, 7) is 2.25. The Balaban J connectivity index is 2.02. The van der Waals surface area contributed by atoms with Gasteiger partial charge in [-0.05, 0) is 15.9 Å².